The Kier molecular flexibility index (Phi) is 9.05. The third-order valence-corrected chi connectivity index (χ3v) is 5.71. The average Bonchev–Trinajstić information content (AvgIpc) is 3.17. The number of carbonyl (C=O) groups excluding carboxylic acids is 2. The fourth-order valence-corrected chi connectivity index (χ4v) is 3.64. The average molecular weight is 441 g/mol. The van der Waals surface area contributed by atoms with Gasteiger partial charge in [0, 0.05) is 23.4 Å². The first kappa shape index (κ1) is 25.6. The van der Waals surface area contributed by atoms with Gasteiger partial charge in [-0.2, -0.15) is 5.10 Å². The van der Waals surface area contributed by atoms with Crippen LogP contribution in [0.5, 0.6) is 0 Å². The maximum atomic E-state index is 13.2. The lowest BCUT2D eigenvalue weighted by Gasteiger charge is -2.30. The summed E-state index contributed by atoms with van der Waals surface area (Å²) in [7, 11) is 0. The Hall–Kier alpha value is -2.63. The molecule has 1 aromatic heterocycles. The van der Waals surface area contributed by atoms with Crippen molar-refractivity contribution in [2.45, 2.75) is 85.6 Å². The highest BCUT2D eigenvalue weighted by molar-refractivity contribution is 5.94. The van der Waals surface area contributed by atoms with Crippen LogP contribution in [-0.4, -0.2) is 39.1 Å². The van der Waals surface area contributed by atoms with Crippen molar-refractivity contribution >= 4 is 17.6 Å². The van der Waals surface area contributed by atoms with E-state index in [4.69, 9.17) is 5.10 Å². The van der Waals surface area contributed by atoms with E-state index in [0.717, 1.165) is 37.1 Å². The van der Waals surface area contributed by atoms with Gasteiger partial charge in [0.25, 0.3) is 0 Å². The number of nitrogens with one attached hydrogen (secondary N) is 1. The van der Waals surface area contributed by atoms with Gasteiger partial charge in [-0.15, -0.1) is 0 Å². The van der Waals surface area contributed by atoms with Gasteiger partial charge in [0.1, 0.15) is 12.4 Å². The highest BCUT2D eigenvalue weighted by atomic mass is 16.2. The van der Waals surface area contributed by atoms with E-state index < -0.39 is 0 Å². The number of amides is 2. The molecule has 32 heavy (non-hydrogen) atoms. The molecule has 6 nitrogen and oxygen atoms in total. The first-order chi connectivity index (χ1) is 15.1. The van der Waals surface area contributed by atoms with Gasteiger partial charge in [-0.25, -0.2) is 4.68 Å². The Morgan fingerprint density at radius 2 is 1.78 bits per heavy atom. The molecule has 6 heteroatoms. The Labute approximate surface area is 193 Å². The van der Waals surface area contributed by atoms with Crippen LogP contribution >= 0.6 is 0 Å². The summed E-state index contributed by atoms with van der Waals surface area (Å²) in [6.45, 7) is 14.4. The van der Waals surface area contributed by atoms with Gasteiger partial charge in [0.2, 0.25) is 11.8 Å². The summed E-state index contributed by atoms with van der Waals surface area (Å²) in [6.07, 6.45) is 3.74. The number of hydrogen-bond acceptors (Lipinski definition) is 3. The molecule has 0 saturated heterocycles. The lowest BCUT2D eigenvalue weighted by atomic mass is 9.92. The third kappa shape index (κ3) is 6.68. The van der Waals surface area contributed by atoms with Crippen molar-refractivity contribution in [3.8, 4) is 5.69 Å². The minimum Gasteiger partial charge on any atom is -0.331 e. The summed E-state index contributed by atoms with van der Waals surface area (Å²) >= 11 is 0. The molecular weight excluding hydrogens is 400 g/mol. The summed E-state index contributed by atoms with van der Waals surface area (Å²) < 4.78 is 1.76. The summed E-state index contributed by atoms with van der Waals surface area (Å²) in [5.41, 5.74) is 1.60. The van der Waals surface area contributed by atoms with Gasteiger partial charge in [-0.1, -0.05) is 65.7 Å². The zero-order valence-corrected chi connectivity index (χ0v) is 20.8. The molecule has 0 aliphatic carbocycles. The molecule has 176 valence electrons. The molecule has 1 heterocycles. The fraction of sp³-hybridized carbons (Fsp3) is 0.577. The van der Waals surface area contributed by atoms with Crippen molar-refractivity contribution in [3.63, 3.8) is 0 Å². The number of hydrogen-bond donors (Lipinski definition) is 1. The summed E-state index contributed by atoms with van der Waals surface area (Å²) in [4.78, 5) is 27.9. The molecule has 1 unspecified atom stereocenters. The zero-order chi connectivity index (χ0) is 23.9. The summed E-state index contributed by atoms with van der Waals surface area (Å²) in [5, 5.41) is 7.76. The van der Waals surface area contributed by atoms with Crippen LogP contribution in [0.3, 0.4) is 0 Å². The highest BCUT2D eigenvalue weighted by Crippen LogP contribution is 2.26. The number of aromatic nitrogens is 2. The van der Waals surface area contributed by atoms with Crippen LogP contribution in [0.2, 0.25) is 0 Å². The molecule has 0 radical (unpaired) electrons. The molecule has 2 aromatic rings. The minimum absolute atomic E-state index is 0.0317. The number of para-hydroxylation sites is 1. The molecule has 1 aromatic carbocycles. The second kappa shape index (κ2) is 11.3. The van der Waals surface area contributed by atoms with E-state index >= 15 is 0 Å². The Balaban J connectivity index is 2.25. The van der Waals surface area contributed by atoms with Crippen LogP contribution < -0.4 is 5.32 Å². The molecule has 0 aliphatic rings. The number of unbranched alkanes of at least 4 members (excludes halogenated alkanes) is 1. The van der Waals surface area contributed by atoms with E-state index in [1.807, 2.05) is 57.2 Å². The summed E-state index contributed by atoms with van der Waals surface area (Å²) in [5.74, 6) is 0.431. The number of anilines is 1. The number of rotatable bonds is 10. The molecule has 0 aliphatic heterocycles. The predicted molar refractivity (Wildman–Crippen MR) is 131 cm³/mol. The van der Waals surface area contributed by atoms with Crippen LogP contribution in [0.25, 0.3) is 5.69 Å². The van der Waals surface area contributed by atoms with Gasteiger partial charge in [0.15, 0.2) is 0 Å². The normalized spacial score (nSPS) is 12.6. The second-order valence-corrected chi connectivity index (χ2v) is 9.77. The smallest absolute Gasteiger partial charge is 0.245 e. The van der Waals surface area contributed by atoms with Crippen LogP contribution in [-0.2, 0) is 15.0 Å². The Bertz CT molecular complexity index is 881. The van der Waals surface area contributed by atoms with E-state index in [2.05, 4.69) is 33.0 Å². The van der Waals surface area contributed by atoms with E-state index in [0.29, 0.717) is 5.82 Å². The first-order valence-electron chi connectivity index (χ1n) is 11.8. The quantitative estimate of drug-likeness (QED) is 0.526. The van der Waals surface area contributed by atoms with Gasteiger partial charge < -0.3 is 10.2 Å². The van der Waals surface area contributed by atoms with Crippen LogP contribution in [0.1, 0.15) is 79.8 Å². The standard InChI is InChI=1S/C26H40N4O2/c1-8-10-14-20(9-2)25(32)29(19(3)4)18-24(31)27-23-17-22(26(5,6)7)28-30(23)21-15-12-11-13-16-21/h11-13,15-17,19-20H,8-10,14,18H2,1-7H3,(H,27,31). The highest BCUT2D eigenvalue weighted by Gasteiger charge is 2.27. The lowest BCUT2D eigenvalue weighted by Crippen LogP contribution is -2.45. The minimum atomic E-state index is -0.213. The van der Waals surface area contributed by atoms with Crippen molar-refractivity contribution in [2.24, 2.45) is 5.92 Å². The van der Waals surface area contributed by atoms with Crippen LogP contribution in [0.15, 0.2) is 36.4 Å². The van der Waals surface area contributed by atoms with Gasteiger partial charge in [0.05, 0.1) is 11.4 Å². The molecule has 0 spiro atoms. The van der Waals surface area contributed by atoms with Gasteiger partial charge in [-0.3, -0.25) is 9.59 Å². The van der Waals surface area contributed by atoms with E-state index in [9.17, 15) is 9.59 Å². The molecule has 0 fully saturated rings. The molecule has 1 atom stereocenters. The van der Waals surface area contributed by atoms with Crippen molar-refractivity contribution in [1.29, 1.82) is 0 Å². The maximum absolute atomic E-state index is 13.2. The lowest BCUT2D eigenvalue weighted by molar-refractivity contribution is -0.140. The van der Waals surface area contributed by atoms with Gasteiger partial charge >= 0.3 is 0 Å². The van der Waals surface area contributed by atoms with Crippen molar-refractivity contribution in [3.05, 3.63) is 42.1 Å². The van der Waals surface area contributed by atoms with Crippen molar-refractivity contribution in [2.75, 3.05) is 11.9 Å². The molecule has 1 N–H and O–H groups in total. The Morgan fingerprint density at radius 3 is 2.31 bits per heavy atom. The fourth-order valence-electron chi connectivity index (χ4n) is 3.64. The summed E-state index contributed by atoms with van der Waals surface area (Å²) in [6, 6.07) is 11.6. The zero-order valence-electron chi connectivity index (χ0n) is 20.8. The van der Waals surface area contributed by atoms with Crippen LogP contribution in [0.4, 0.5) is 5.82 Å². The number of nitrogens with zero attached hydrogens (tertiary/aromatic N) is 3. The van der Waals surface area contributed by atoms with Crippen molar-refractivity contribution in [1.82, 2.24) is 14.7 Å². The molecule has 0 bridgehead atoms. The first-order valence-corrected chi connectivity index (χ1v) is 11.8. The largest absolute Gasteiger partial charge is 0.331 e. The number of carbonyl (C=O) groups is 2. The van der Waals surface area contributed by atoms with Gasteiger partial charge in [-0.05, 0) is 38.8 Å². The van der Waals surface area contributed by atoms with Crippen molar-refractivity contribution < 1.29 is 9.59 Å². The van der Waals surface area contributed by atoms with E-state index in [-0.39, 0.29) is 35.7 Å². The molecular formula is C26H40N4O2. The van der Waals surface area contributed by atoms with Crippen LogP contribution in [0, 0.1) is 5.92 Å². The molecule has 2 rings (SSSR count). The van der Waals surface area contributed by atoms with E-state index in [1.54, 1.807) is 9.58 Å². The SMILES string of the molecule is CCCCC(CC)C(=O)N(CC(=O)Nc1cc(C(C)(C)C)nn1-c1ccccc1)C(C)C. The third-order valence-electron chi connectivity index (χ3n) is 5.71. The maximum Gasteiger partial charge on any atom is 0.245 e. The van der Waals surface area contributed by atoms with E-state index in [1.165, 1.54) is 0 Å². The molecule has 2 amide bonds. The Morgan fingerprint density at radius 1 is 1.12 bits per heavy atom. The number of benzene rings is 1. The monoisotopic (exact) mass is 440 g/mol. The predicted octanol–water partition coefficient (Wildman–Crippen LogP) is 5.56. The second-order valence-electron chi connectivity index (χ2n) is 9.77. The topological polar surface area (TPSA) is 67.2 Å². The molecule has 0 saturated carbocycles.